The zero-order valence-electron chi connectivity index (χ0n) is 15.4. The van der Waals surface area contributed by atoms with Crippen molar-refractivity contribution in [1.82, 2.24) is 4.57 Å². The maximum atomic E-state index is 13.3. The first-order valence-electron chi connectivity index (χ1n) is 8.88. The molecule has 5 nitrogen and oxygen atoms in total. The van der Waals surface area contributed by atoms with Crippen LogP contribution in [0.25, 0.3) is 21.9 Å². The Morgan fingerprint density at radius 1 is 1.07 bits per heavy atom. The number of hydrogen-bond donors (Lipinski definition) is 0. The molecule has 4 rings (SSSR count). The fourth-order valence-corrected chi connectivity index (χ4v) is 3.75. The van der Waals surface area contributed by atoms with Gasteiger partial charge in [-0.3, -0.25) is 14.4 Å². The summed E-state index contributed by atoms with van der Waals surface area (Å²) in [5.41, 5.74) is 1.66. The van der Waals surface area contributed by atoms with E-state index >= 15 is 0 Å². The second kappa shape index (κ2) is 6.20. The zero-order valence-corrected chi connectivity index (χ0v) is 15.4. The normalized spacial score (nSPS) is 12.7. The smallest absolute Gasteiger partial charge is 0.231 e. The molecule has 1 aliphatic heterocycles. The number of aromatic nitrogens is 1. The summed E-state index contributed by atoms with van der Waals surface area (Å²) in [5.74, 6) is 0.0142. The second-order valence-electron chi connectivity index (χ2n) is 7.08. The number of carbonyl (C=O) groups is 1. The molecule has 0 saturated heterocycles. The fraction of sp³-hybridized carbons (Fsp3) is 0.227. The Bertz CT molecular complexity index is 1390. The van der Waals surface area contributed by atoms with Crippen LogP contribution in [0.5, 0.6) is 0 Å². The quantitative estimate of drug-likeness (QED) is 0.558. The number of Topliss-reactive ketones (excluding diaryl/α,β-unsaturated/α-hetero) is 1. The monoisotopic (exact) mass is 361 g/mol. The molecule has 2 aromatic rings. The molecular formula is C22H19NO4. The van der Waals surface area contributed by atoms with Gasteiger partial charge in [-0.05, 0) is 38.5 Å². The molecule has 0 spiro atoms. The summed E-state index contributed by atoms with van der Waals surface area (Å²) in [6, 6.07) is 12.1. The van der Waals surface area contributed by atoms with E-state index in [4.69, 9.17) is 4.42 Å². The molecule has 0 amide bonds. The average Bonchev–Trinajstić information content (AvgIpc) is 2.64. The largest absolute Gasteiger partial charge is 0.449 e. The molecule has 2 aliphatic rings. The van der Waals surface area contributed by atoms with Crippen LogP contribution in [-0.4, -0.2) is 10.4 Å². The first kappa shape index (κ1) is 17.2. The maximum absolute atomic E-state index is 13.3. The molecule has 27 heavy (non-hydrogen) atoms. The van der Waals surface area contributed by atoms with Crippen molar-refractivity contribution in [2.24, 2.45) is 0 Å². The molecule has 0 saturated carbocycles. The van der Waals surface area contributed by atoms with Crippen molar-refractivity contribution in [2.45, 2.75) is 33.2 Å². The number of carbonyl (C=O) groups excluding carboxylic acids is 1. The van der Waals surface area contributed by atoms with Gasteiger partial charge < -0.3 is 8.98 Å². The summed E-state index contributed by atoms with van der Waals surface area (Å²) in [7, 11) is 0. The van der Waals surface area contributed by atoms with Crippen LogP contribution in [0.2, 0.25) is 0 Å². The molecule has 5 heteroatoms. The molecule has 0 bridgehead atoms. The first-order valence-corrected chi connectivity index (χ1v) is 8.88. The highest BCUT2D eigenvalue weighted by atomic mass is 16.3. The van der Waals surface area contributed by atoms with E-state index in [9.17, 15) is 14.4 Å². The summed E-state index contributed by atoms with van der Waals surface area (Å²) in [6.45, 7) is 5.34. The molecule has 0 radical (unpaired) electrons. The fourth-order valence-electron chi connectivity index (χ4n) is 3.75. The third kappa shape index (κ3) is 2.67. The number of aryl methyl sites for hydroxylation is 1. The Hall–Kier alpha value is -3.21. The molecule has 1 unspecified atom stereocenters. The van der Waals surface area contributed by atoms with E-state index < -0.39 is 0 Å². The van der Waals surface area contributed by atoms with Gasteiger partial charge in [0.25, 0.3) is 0 Å². The predicted molar refractivity (Wildman–Crippen MR) is 104 cm³/mol. The molecule has 1 heterocycles. The van der Waals surface area contributed by atoms with Crippen LogP contribution in [0.3, 0.4) is 0 Å². The molecule has 2 aromatic carbocycles. The second-order valence-corrected chi connectivity index (χ2v) is 7.08. The van der Waals surface area contributed by atoms with Crippen molar-refractivity contribution >= 4 is 27.7 Å². The minimum atomic E-state index is -0.313. The molecule has 1 aliphatic carbocycles. The van der Waals surface area contributed by atoms with E-state index in [0.717, 1.165) is 5.56 Å². The van der Waals surface area contributed by atoms with Crippen LogP contribution in [-0.2, 0) is 4.79 Å². The van der Waals surface area contributed by atoms with E-state index in [2.05, 4.69) is 0 Å². The lowest BCUT2D eigenvalue weighted by Gasteiger charge is -2.19. The van der Waals surface area contributed by atoms with Crippen LogP contribution in [0.1, 0.15) is 31.9 Å². The Morgan fingerprint density at radius 2 is 1.74 bits per heavy atom. The first-order chi connectivity index (χ1) is 12.9. The van der Waals surface area contributed by atoms with E-state index in [1.165, 1.54) is 6.92 Å². The number of fused-ring (bicyclic) bond motifs is 2. The number of nitrogens with zero attached hydrogens (tertiary/aromatic N) is 1. The van der Waals surface area contributed by atoms with Gasteiger partial charge in [-0.1, -0.05) is 30.3 Å². The summed E-state index contributed by atoms with van der Waals surface area (Å²) >= 11 is 0. The average molecular weight is 361 g/mol. The van der Waals surface area contributed by atoms with Gasteiger partial charge in [0.05, 0.1) is 5.52 Å². The summed E-state index contributed by atoms with van der Waals surface area (Å²) in [6.07, 6.45) is 0.257. The van der Waals surface area contributed by atoms with Gasteiger partial charge >= 0.3 is 0 Å². The maximum Gasteiger partial charge on any atom is 0.231 e. The third-order valence-electron chi connectivity index (χ3n) is 4.90. The zero-order chi connectivity index (χ0) is 19.3. The van der Waals surface area contributed by atoms with Crippen LogP contribution in [0, 0.1) is 17.7 Å². The Morgan fingerprint density at radius 3 is 2.41 bits per heavy atom. The number of benzene rings is 2. The highest BCUT2D eigenvalue weighted by molar-refractivity contribution is 5.83. The van der Waals surface area contributed by atoms with E-state index in [-0.39, 0.29) is 39.9 Å². The van der Waals surface area contributed by atoms with Crippen molar-refractivity contribution in [3.8, 4) is 0 Å². The summed E-state index contributed by atoms with van der Waals surface area (Å²) < 4.78 is 7.69. The summed E-state index contributed by atoms with van der Waals surface area (Å²) in [5, 5.41) is 0.919. The topological polar surface area (TPSA) is 69.3 Å². The molecule has 1 atom stereocenters. The van der Waals surface area contributed by atoms with Gasteiger partial charge in [0, 0.05) is 23.2 Å². The van der Waals surface area contributed by atoms with Gasteiger partial charge in [0.1, 0.15) is 11.1 Å². The van der Waals surface area contributed by atoms with Gasteiger partial charge in [0.15, 0.2) is 5.58 Å². The minimum Gasteiger partial charge on any atom is -0.449 e. The van der Waals surface area contributed by atoms with E-state index in [0.29, 0.717) is 21.9 Å². The van der Waals surface area contributed by atoms with Crippen molar-refractivity contribution in [2.75, 3.05) is 0 Å². The summed E-state index contributed by atoms with van der Waals surface area (Å²) in [4.78, 5) is 38.1. The Labute approximate surface area is 154 Å². The standard InChI is InChI=1S/C22H19NO4/c1-12-8-9-18-17(10-12)23(13(2)11-14(3)24)19-20(25)15-6-4-5-7-16(15)21(26)22(19)27-18/h4-10,13H,11H2,1-3H3. The van der Waals surface area contributed by atoms with Crippen LogP contribution >= 0.6 is 0 Å². The number of rotatable bonds is 3. The van der Waals surface area contributed by atoms with Gasteiger partial charge in [-0.15, -0.1) is 0 Å². The number of ketones is 1. The van der Waals surface area contributed by atoms with Crippen molar-refractivity contribution < 1.29 is 9.21 Å². The molecule has 136 valence electrons. The third-order valence-corrected chi connectivity index (χ3v) is 4.90. The SMILES string of the molecule is CC(=O)CC(C)n1c2c(=O)c3ccccc3c(=O)c=2oc2ccc(C)cc21. The highest BCUT2D eigenvalue weighted by Crippen LogP contribution is 2.23. The highest BCUT2D eigenvalue weighted by Gasteiger charge is 2.19. The lowest BCUT2D eigenvalue weighted by atomic mass is 10.1. The van der Waals surface area contributed by atoms with Crippen LogP contribution < -0.4 is 10.9 Å². The van der Waals surface area contributed by atoms with Crippen molar-refractivity contribution in [3.63, 3.8) is 0 Å². The molecule has 0 N–H and O–H groups in total. The van der Waals surface area contributed by atoms with E-state index in [1.54, 1.807) is 34.9 Å². The Kier molecular flexibility index (Phi) is 3.95. The van der Waals surface area contributed by atoms with E-state index in [1.807, 2.05) is 26.0 Å². The van der Waals surface area contributed by atoms with Crippen LogP contribution in [0.4, 0.5) is 0 Å². The van der Waals surface area contributed by atoms with Gasteiger partial charge in [0.2, 0.25) is 16.3 Å². The van der Waals surface area contributed by atoms with Gasteiger partial charge in [-0.25, -0.2) is 0 Å². The Balaban J connectivity index is 2.34. The molecule has 0 aromatic heterocycles. The lowest BCUT2D eigenvalue weighted by molar-refractivity contribution is -0.117. The van der Waals surface area contributed by atoms with Crippen LogP contribution in [0.15, 0.2) is 56.5 Å². The lowest BCUT2D eigenvalue weighted by Crippen LogP contribution is -2.23. The predicted octanol–water partition coefficient (Wildman–Crippen LogP) is 3.68. The number of hydrogen-bond acceptors (Lipinski definition) is 4. The van der Waals surface area contributed by atoms with Crippen molar-refractivity contribution in [3.05, 3.63) is 79.2 Å². The minimum absolute atomic E-state index is 0.0142. The molecule has 0 fully saturated rings. The van der Waals surface area contributed by atoms with Gasteiger partial charge in [-0.2, -0.15) is 0 Å². The van der Waals surface area contributed by atoms with Crippen molar-refractivity contribution in [1.29, 1.82) is 0 Å². The molecular weight excluding hydrogens is 342 g/mol.